The number of non-ortho nitro benzene ring substituents is 1. The Kier molecular flexibility index (Phi) is 6.07. The number of nitrogens with zero attached hydrogens (tertiary/aromatic N) is 2. The average molecular weight is 326 g/mol. The molecule has 0 radical (unpaired) electrons. The summed E-state index contributed by atoms with van der Waals surface area (Å²) >= 11 is 0. The molecule has 0 unspecified atom stereocenters. The molecular formula is C19H22N2O3. The van der Waals surface area contributed by atoms with Crippen molar-refractivity contribution in [3.05, 3.63) is 75.8 Å². The van der Waals surface area contributed by atoms with Gasteiger partial charge < -0.3 is 4.90 Å². The van der Waals surface area contributed by atoms with E-state index in [0.717, 1.165) is 18.4 Å². The van der Waals surface area contributed by atoms with Crippen LogP contribution in [0.2, 0.25) is 0 Å². The van der Waals surface area contributed by atoms with Crippen LogP contribution in [0.1, 0.15) is 42.6 Å². The van der Waals surface area contributed by atoms with Gasteiger partial charge in [0.2, 0.25) is 0 Å². The first-order valence-electron chi connectivity index (χ1n) is 8.16. The summed E-state index contributed by atoms with van der Waals surface area (Å²) in [5, 5.41) is 11.0. The number of nitro groups is 1. The molecule has 5 nitrogen and oxygen atoms in total. The zero-order chi connectivity index (χ0) is 17.5. The van der Waals surface area contributed by atoms with Crippen molar-refractivity contribution in [1.82, 2.24) is 4.90 Å². The number of carbonyl (C=O) groups excluding carboxylic acids is 1. The summed E-state index contributed by atoms with van der Waals surface area (Å²) in [5.74, 6) is -0.170. The van der Waals surface area contributed by atoms with Crippen LogP contribution >= 0.6 is 0 Å². The molecule has 0 fully saturated rings. The van der Waals surface area contributed by atoms with E-state index in [9.17, 15) is 14.9 Å². The van der Waals surface area contributed by atoms with Crippen LogP contribution in [-0.4, -0.2) is 21.8 Å². The molecule has 0 heterocycles. The van der Waals surface area contributed by atoms with Crippen LogP contribution in [0, 0.1) is 10.1 Å². The Morgan fingerprint density at radius 3 is 2.33 bits per heavy atom. The molecular weight excluding hydrogens is 304 g/mol. The molecule has 0 saturated carbocycles. The summed E-state index contributed by atoms with van der Waals surface area (Å²) in [6, 6.07) is 15.8. The van der Waals surface area contributed by atoms with E-state index in [1.54, 1.807) is 12.1 Å². The maximum atomic E-state index is 13.0. The highest BCUT2D eigenvalue weighted by Crippen LogP contribution is 2.20. The summed E-state index contributed by atoms with van der Waals surface area (Å²) in [6.07, 6.45) is 1.67. The zero-order valence-corrected chi connectivity index (χ0v) is 14.0. The van der Waals surface area contributed by atoms with Gasteiger partial charge in [-0.2, -0.15) is 0 Å². The molecule has 0 aromatic heterocycles. The SMILES string of the molecule is CCC(CC)N(Cc1ccccc1)C(=O)c1cccc([N+](=O)[O-])c1. The van der Waals surface area contributed by atoms with Gasteiger partial charge in [0.05, 0.1) is 4.92 Å². The molecule has 2 aromatic carbocycles. The number of benzene rings is 2. The number of rotatable bonds is 7. The van der Waals surface area contributed by atoms with E-state index in [1.165, 1.54) is 12.1 Å². The highest BCUT2D eigenvalue weighted by Gasteiger charge is 2.23. The monoisotopic (exact) mass is 326 g/mol. The van der Waals surface area contributed by atoms with E-state index in [2.05, 4.69) is 0 Å². The lowest BCUT2D eigenvalue weighted by atomic mass is 10.1. The largest absolute Gasteiger partial charge is 0.331 e. The van der Waals surface area contributed by atoms with Gasteiger partial charge in [0, 0.05) is 30.3 Å². The topological polar surface area (TPSA) is 63.5 Å². The highest BCUT2D eigenvalue weighted by molar-refractivity contribution is 5.95. The fraction of sp³-hybridized carbons (Fsp3) is 0.316. The van der Waals surface area contributed by atoms with Gasteiger partial charge >= 0.3 is 0 Å². The highest BCUT2D eigenvalue weighted by atomic mass is 16.6. The van der Waals surface area contributed by atoms with Gasteiger partial charge in [0.15, 0.2) is 0 Å². The van der Waals surface area contributed by atoms with Gasteiger partial charge in [-0.25, -0.2) is 0 Å². The standard InChI is InChI=1S/C19H22N2O3/c1-3-17(4-2)20(14-15-9-6-5-7-10-15)19(22)16-11-8-12-18(13-16)21(23)24/h5-13,17H,3-4,14H2,1-2H3. The van der Waals surface area contributed by atoms with Crippen molar-refractivity contribution in [1.29, 1.82) is 0 Å². The molecule has 0 N–H and O–H groups in total. The Morgan fingerprint density at radius 1 is 1.08 bits per heavy atom. The predicted molar refractivity (Wildman–Crippen MR) is 93.8 cm³/mol. The molecule has 0 saturated heterocycles. The minimum atomic E-state index is -0.477. The summed E-state index contributed by atoms with van der Waals surface area (Å²) in [5.41, 5.74) is 1.33. The van der Waals surface area contributed by atoms with Crippen molar-refractivity contribution >= 4 is 11.6 Å². The van der Waals surface area contributed by atoms with E-state index < -0.39 is 4.92 Å². The maximum Gasteiger partial charge on any atom is 0.270 e. The van der Waals surface area contributed by atoms with Crippen LogP contribution in [0.4, 0.5) is 5.69 Å². The van der Waals surface area contributed by atoms with Gasteiger partial charge in [-0.15, -0.1) is 0 Å². The quantitative estimate of drug-likeness (QED) is 0.558. The Balaban J connectivity index is 2.33. The molecule has 5 heteroatoms. The predicted octanol–water partition coefficient (Wildman–Crippen LogP) is 4.43. The number of hydrogen-bond donors (Lipinski definition) is 0. The van der Waals surface area contributed by atoms with Crippen LogP contribution in [0.3, 0.4) is 0 Å². The summed E-state index contributed by atoms with van der Waals surface area (Å²) in [7, 11) is 0. The lowest BCUT2D eigenvalue weighted by molar-refractivity contribution is -0.384. The van der Waals surface area contributed by atoms with E-state index in [0.29, 0.717) is 12.1 Å². The van der Waals surface area contributed by atoms with Crippen molar-refractivity contribution in [3.63, 3.8) is 0 Å². The summed E-state index contributed by atoms with van der Waals surface area (Å²) < 4.78 is 0. The van der Waals surface area contributed by atoms with Crippen LogP contribution in [-0.2, 0) is 6.54 Å². The minimum Gasteiger partial charge on any atom is -0.331 e. The van der Waals surface area contributed by atoms with Crippen molar-refractivity contribution in [2.45, 2.75) is 39.3 Å². The van der Waals surface area contributed by atoms with Gasteiger partial charge in [-0.3, -0.25) is 14.9 Å². The second-order valence-corrected chi connectivity index (χ2v) is 5.70. The molecule has 0 spiro atoms. The molecule has 0 aliphatic heterocycles. The first-order valence-corrected chi connectivity index (χ1v) is 8.16. The molecule has 0 atom stereocenters. The van der Waals surface area contributed by atoms with Gasteiger partial charge in [-0.1, -0.05) is 50.2 Å². The Hall–Kier alpha value is -2.69. The third kappa shape index (κ3) is 4.19. The molecule has 2 aromatic rings. The van der Waals surface area contributed by atoms with Crippen molar-refractivity contribution in [3.8, 4) is 0 Å². The van der Waals surface area contributed by atoms with Crippen LogP contribution in [0.25, 0.3) is 0 Å². The number of carbonyl (C=O) groups is 1. The molecule has 126 valence electrons. The molecule has 24 heavy (non-hydrogen) atoms. The molecule has 0 aliphatic carbocycles. The Bertz CT molecular complexity index is 697. The Labute approximate surface area is 142 Å². The van der Waals surface area contributed by atoms with Crippen LogP contribution < -0.4 is 0 Å². The minimum absolute atomic E-state index is 0.0648. The molecule has 0 bridgehead atoms. The fourth-order valence-corrected chi connectivity index (χ4v) is 2.79. The number of hydrogen-bond acceptors (Lipinski definition) is 3. The van der Waals surface area contributed by atoms with Crippen molar-refractivity contribution < 1.29 is 9.72 Å². The van der Waals surface area contributed by atoms with E-state index >= 15 is 0 Å². The molecule has 0 aliphatic rings. The lowest BCUT2D eigenvalue weighted by Gasteiger charge is -2.31. The van der Waals surface area contributed by atoms with Crippen molar-refractivity contribution in [2.24, 2.45) is 0 Å². The smallest absolute Gasteiger partial charge is 0.270 e. The van der Waals surface area contributed by atoms with Gasteiger partial charge in [-0.05, 0) is 24.5 Å². The third-order valence-electron chi connectivity index (χ3n) is 4.14. The number of nitro benzene ring substituents is 1. The maximum absolute atomic E-state index is 13.0. The first-order chi connectivity index (χ1) is 11.6. The normalized spacial score (nSPS) is 10.6. The third-order valence-corrected chi connectivity index (χ3v) is 4.14. The molecule has 2 rings (SSSR count). The van der Waals surface area contributed by atoms with Crippen molar-refractivity contribution in [2.75, 3.05) is 0 Å². The second kappa shape index (κ2) is 8.24. The molecule has 1 amide bonds. The second-order valence-electron chi connectivity index (χ2n) is 5.70. The van der Waals surface area contributed by atoms with Gasteiger partial charge in [0.1, 0.15) is 0 Å². The van der Waals surface area contributed by atoms with Crippen LogP contribution in [0.5, 0.6) is 0 Å². The van der Waals surface area contributed by atoms with Gasteiger partial charge in [0.25, 0.3) is 11.6 Å². The summed E-state index contributed by atoms with van der Waals surface area (Å²) in [4.78, 5) is 25.3. The number of amides is 1. The summed E-state index contributed by atoms with van der Waals surface area (Å²) in [6.45, 7) is 4.59. The lowest BCUT2D eigenvalue weighted by Crippen LogP contribution is -2.39. The van der Waals surface area contributed by atoms with Crippen LogP contribution in [0.15, 0.2) is 54.6 Å². The average Bonchev–Trinajstić information content (AvgIpc) is 2.62. The Morgan fingerprint density at radius 2 is 1.75 bits per heavy atom. The zero-order valence-electron chi connectivity index (χ0n) is 14.0. The van der Waals surface area contributed by atoms with E-state index in [4.69, 9.17) is 0 Å². The first kappa shape index (κ1) is 17.7. The fourth-order valence-electron chi connectivity index (χ4n) is 2.79. The van der Waals surface area contributed by atoms with E-state index in [1.807, 2.05) is 49.1 Å². The van der Waals surface area contributed by atoms with E-state index in [-0.39, 0.29) is 17.6 Å².